The summed E-state index contributed by atoms with van der Waals surface area (Å²) in [6, 6.07) is 0.421. The minimum Gasteiger partial charge on any atom is -0.391 e. The summed E-state index contributed by atoms with van der Waals surface area (Å²) >= 11 is 0. The molecule has 0 spiro atoms. The van der Waals surface area contributed by atoms with Crippen LogP contribution in [-0.2, 0) is 0 Å². The molecular formula is C14H27NO. The van der Waals surface area contributed by atoms with Gasteiger partial charge in [0.05, 0.1) is 6.10 Å². The fraction of sp³-hybridized carbons (Fsp3) is 1.00. The first kappa shape index (κ1) is 12.4. The molecule has 2 aliphatic carbocycles. The Morgan fingerprint density at radius 3 is 2.50 bits per heavy atom. The van der Waals surface area contributed by atoms with E-state index in [-0.39, 0.29) is 6.10 Å². The molecular weight excluding hydrogens is 198 g/mol. The average molecular weight is 225 g/mol. The second kappa shape index (κ2) is 5.50. The van der Waals surface area contributed by atoms with Crippen LogP contribution in [0.1, 0.15) is 51.9 Å². The van der Waals surface area contributed by atoms with E-state index in [0.717, 1.165) is 18.3 Å². The maximum atomic E-state index is 10.1. The zero-order valence-electron chi connectivity index (χ0n) is 10.9. The van der Waals surface area contributed by atoms with Gasteiger partial charge < -0.3 is 10.0 Å². The highest BCUT2D eigenvalue weighted by atomic mass is 16.3. The smallest absolute Gasteiger partial charge is 0.0695 e. The maximum absolute atomic E-state index is 10.1. The van der Waals surface area contributed by atoms with Crippen LogP contribution in [0.5, 0.6) is 0 Å². The Labute approximate surface area is 100 Å². The summed E-state index contributed by atoms with van der Waals surface area (Å²) in [6.45, 7) is 3.52. The van der Waals surface area contributed by atoms with Crippen molar-refractivity contribution >= 4 is 0 Å². The van der Waals surface area contributed by atoms with E-state index in [9.17, 15) is 5.11 Å². The number of nitrogens with zero attached hydrogens (tertiary/aromatic N) is 1. The summed E-state index contributed by atoms with van der Waals surface area (Å²) in [6.07, 6.45) is 8.96. The van der Waals surface area contributed by atoms with Crippen molar-refractivity contribution in [3.05, 3.63) is 0 Å². The van der Waals surface area contributed by atoms with Crippen molar-refractivity contribution in [2.24, 2.45) is 11.8 Å². The predicted octanol–water partition coefficient (Wildman–Crippen LogP) is 2.66. The number of aliphatic hydroxyl groups is 1. The van der Waals surface area contributed by atoms with Crippen molar-refractivity contribution in [3.8, 4) is 0 Å². The molecule has 0 aliphatic heterocycles. The zero-order valence-corrected chi connectivity index (χ0v) is 10.9. The SMILES string of the molecule is CC1CCC(O)C(N(C)CC2CCCC2)C1. The van der Waals surface area contributed by atoms with Crippen molar-refractivity contribution in [1.29, 1.82) is 0 Å². The van der Waals surface area contributed by atoms with Crippen LogP contribution in [0.3, 0.4) is 0 Å². The number of rotatable bonds is 3. The normalized spacial score (nSPS) is 37.1. The van der Waals surface area contributed by atoms with Gasteiger partial charge in [0.25, 0.3) is 0 Å². The Hall–Kier alpha value is -0.0800. The van der Waals surface area contributed by atoms with Gasteiger partial charge in [0.1, 0.15) is 0 Å². The molecule has 2 aliphatic rings. The topological polar surface area (TPSA) is 23.5 Å². The Bertz CT molecular complexity index is 213. The van der Waals surface area contributed by atoms with Gasteiger partial charge in [-0.2, -0.15) is 0 Å². The van der Waals surface area contributed by atoms with E-state index in [4.69, 9.17) is 0 Å². The lowest BCUT2D eigenvalue weighted by Gasteiger charge is -2.38. The Morgan fingerprint density at radius 2 is 1.81 bits per heavy atom. The summed E-state index contributed by atoms with van der Waals surface area (Å²) in [5, 5.41) is 10.1. The summed E-state index contributed by atoms with van der Waals surface area (Å²) in [4.78, 5) is 2.44. The highest BCUT2D eigenvalue weighted by Gasteiger charge is 2.31. The highest BCUT2D eigenvalue weighted by molar-refractivity contribution is 4.85. The lowest BCUT2D eigenvalue weighted by Crippen LogP contribution is -2.46. The molecule has 2 rings (SSSR count). The summed E-state index contributed by atoms with van der Waals surface area (Å²) in [7, 11) is 2.21. The summed E-state index contributed by atoms with van der Waals surface area (Å²) in [5.74, 6) is 1.69. The third-order valence-corrected chi connectivity index (χ3v) is 4.63. The lowest BCUT2D eigenvalue weighted by atomic mass is 9.84. The van der Waals surface area contributed by atoms with E-state index >= 15 is 0 Å². The Kier molecular flexibility index (Phi) is 4.26. The van der Waals surface area contributed by atoms with Crippen LogP contribution >= 0.6 is 0 Å². The molecule has 0 radical (unpaired) electrons. The Balaban J connectivity index is 1.84. The minimum absolute atomic E-state index is 0.0809. The van der Waals surface area contributed by atoms with E-state index in [2.05, 4.69) is 18.9 Å². The van der Waals surface area contributed by atoms with Gasteiger partial charge in [0.2, 0.25) is 0 Å². The van der Waals surface area contributed by atoms with Crippen LogP contribution in [0.4, 0.5) is 0 Å². The van der Waals surface area contributed by atoms with Crippen molar-refractivity contribution in [2.45, 2.75) is 64.0 Å². The molecule has 0 aromatic carbocycles. The number of hydrogen-bond acceptors (Lipinski definition) is 2. The molecule has 0 aromatic rings. The quantitative estimate of drug-likeness (QED) is 0.798. The van der Waals surface area contributed by atoms with Crippen molar-refractivity contribution in [2.75, 3.05) is 13.6 Å². The van der Waals surface area contributed by atoms with Gasteiger partial charge in [-0.25, -0.2) is 0 Å². The second-order valence-corrected chi connectivity index (χ2v) is 6.14. The molecule has 2 heteroatoms. The minimum atomic E-state index is -0.0809. The van der Waals surface area contributed by atoms with Crippen LogP contribution in [0.25, 0.3) is 0 Å². The van der Waals surface area contributed by atoms with E-state index in [1.54, 1.807) is 0 Å². The van der Waals surface area contributed by atoms with Gasteiger partial charge in [-0.15, -0.1) is 0 Å². The highest BCUT2D eigenvalue weighted by Crippen LogP contribution is 2.30. The van der Waals surface area contributed by atoms with Crippen molar-refractivity contribution in [1.82, 2.24) is 4.90 Å². The third-order valence-electron chi connectivity index (χ3n) is 4.63. The average Bonchev–Trinajstić information content (AvgIpc) is 2.74. The number of likely N-dealkylation sites (N-methyl/N-ethyl adjacent to an activating group) is 1. The predicted molar refractivity (Wildman–Crippen MR) is 67.4 cm³/mol. The van der Waals surface area contributed by atoms with E-state index in [1.807, 2.05) is 0 Å². The molecule has 2 saturated carbocycles. The first-order valence-corrected chi connectivity index (χ1v) is 7.05. The molecule has 0 aromatic heterocycles. The van der Waals surface area contributed by atoms with Crippen molar-refractivity contribution < 1.29 is 5.11 Å². The van der Waals surface area contributed by atoms with Gasteiger partial charge in [0.15, 0.2) is 0 Å². The first-order valence-electron chi connectivity index (χ1n) is 7.05. The fourth-order valence-electron chi connectivity index (χ4n) is 3.54. The molecule has 0 bridgehead atoms. The summed E-state index contributed by atoms with van der Waals surface area (Å²) < 4.78 is 0. The Morgan fingerprint density at radius 1 is 1.12 bits per heavy atom. The summed E-state index contributed by atoms with van der Waals surface area (Å²) in [5.41, 5.74) is 0. The molecule has 3 atom stereocenters. The molecule has 0 amide bonds. The second-order valence-electron chi connectivity index (χ2n) is 6.14. The van der Waals surface area contributed by atoms with Gasteiger partial charge in [0, 0.05) is 12.6 Å². The van der Waals surface area contributed by atoms with Crippen LogP contribution in [-0.4, -0.2) is 35.7 Å². The monoisotopic (exact) mass is 225 g/mol. The first-order chi connectivity index (χ1) is 7.66. The van der Waals surface area contributed by atoms with Gasteiger partial charge >= 0.3 is 0 Å². The molecule has 16 heavy (non-hydrogen) atoms. The van der Waals surface area contributed by atoms with Crippen molar-refractivity contribution in [3.63, 3.8) is 0 Å². The van der Waals surface area contributed by atoms with Gasteiger partial charge in [-0.1, -0.05) is 19.8 Å². The van der Waals surface area contributed by atoms with Crippen LogP contribution in [0.15, 0.2) is 0 Å². The van der Waals surface area contributed by atoms with Crippen LogP contribution in [0, 0.1) is 11.8 Å². The van der Waals surface area contributed by atoms with Crippen LogP contribution < -0.4 is 0 Å². The molecule has 94 valence electrons. The number of hydrogen-bond donors (Lipinski definition) is 1. The van der Waals surface area contributed by atoms with E-state index in [0.29, 0.717) is 6.04 Å². The van der Waals surface area contributed by atoms with Gasteiger partial charge in [-0.3, -0.25) is 0 Å². The lowest BCUT2D eigenvalue weighted by molar-refractivity contribution is 0.0116. The van der Waals surface area contributed by atoms with Crippen LogP contribution in [0.2, 0.25) is 0 Å². The standard InChI is InChI=1S/C14H27NO/c1-11-7-8-14(16)13(9-11)15(2)10-12-5-3-4-6-12/h11-14,16H,3-10H2,1-2H3. The largest absolute Gasteiger partial charge is 0.391 e. The molecule has 0 heterocycles. The molecule has 1 N–H and O–H groups in total. The number of aliphatic hydroxyl groups excluding tert-OH is 1. The van der Waals surface area contributed by atoms with Gasteiger partial charge in [-0.05, 0) is 51.0 Å². The van der Waals surface area contributed by atoms with E-state index < -0.39 is 0 Å². The molecule has 3 unspecified atom stereocenters. The fourth-order valence-corrected chi connectivity index (χ4v) is 3.54. The molecule has 2 nitrogen and oxygen atoms in total. The maximum Gasteiger partial charge on any atom is 0.0695 e. The third kappa shape index (κ3) is 2.98. The van der Waals surface area contributed by atoms with E-state index in [1.165, 1.54) is 45.1 Å². The molecule has 0 saturated heterocycles. The molecule has 2 fully saturated rings. The zero-order chi connectivity index (χ0) is 11.5.